The Labute approximate surface area is 202 Å². The summed E-state index contributed by atoms with van der Waals surface area (Å²) in [6.45, 7) is 2.10. The summed E-state index contributed by atoms with van der Waals surface area (Å²) in [7, 11) is 0. The predicted octanol–water partition coefficient (Wildman–Crippen LogP) is 5.38. The van der Waals surface area contributed by atoms with Crippen LogP contribution in [0.3, 0.4) is 0 Å². The molecular formula is C29H23NO5. The molecule has 6 heteroatoms. The lowest BCUT2D eigenvalue weighted by atomic mass is 9.91. The predicted molar refractivity (Wildman–Crippen MR) is 131 cm³/mol. The molecule has 3 aromatic carbocycles. The number of aliphatic hydroxyl groups is 1. The molecule has 0 radical (unpaired) electrons. The van der Waals surface area contributed by atoms with Crippen LogP contribution in [0.15, 0.2) is 89.0 Å². The standard InChI is InChI=1S/C29H23NO5/c1-17-14-20-15-19(11-12-24(20)35-17)27(31)25-26(23-10-4-7-18-6-2-3-9-22(18)23)30(29(33)28(25)32)16-21-8-5-13-34-21/h2-13,15,17,26,31H,14,16H2,1H3/t17-,26-/m0/s1. The van der Waals surface area contributed by atoms with E-state index in [0.29, 0.717) is 11.3 Å². The van der Waals surface area contributed by atoms with Gasteiger partial charge in [0.15, 0.2) is 0 Å². The molecule has 1 aromatic heterocycles. The van der Waals surface area contributed by atoms with Gasteiger partial charge in [0, 0.05) is 12.0 Å². The number of ether oxygens (including phenoxy) is 1. The number of hydrogen-bond donors (Lipinski definition) is 1. The van der Waals surface area contributed by atoms with Gasteiger partial charge in [0.1, 0.15) is 23.4 Å². The first-order chi connectivity index (χ1) is 17.0. The first-order valence-electron chi connectivity index (χ1n) is 11.6. The van der Waals surface area contributed by atoms with Crippen molar-refractivity contribution >= 4 is 28.2 Å². The van der Waals surface area contributed by atoms with Gasteiger partial charge in [-0.25, -0.2) is 0 Å². The van der Waals surface area contributed by atoms with Gasteiger partial charge in [-0.15, -0.1) is 0 Å². The van der Waals surface area contributed by atoms with Crippen molar-refractivity contribution in [2.75, 3.05) is 0 Å². The largest absolute Gasteiger partial charge is 0.507 e. The highest BCUT2D eigenvalue weighted by Gasteiger charge is 2.47. The second-order valence-corrected chi connectivity index (χ2v) is 9.03. The normalized spacial score (nSPS) is 20.9. The molecular weight excluding hydrogens is 442 g/mol. The molecule has 1 saturated heterocycles. The first-order valence-corrected chi connectivity index (χ1v) is 11.6. The molecule has 1 N–H and O–H groups in total. The number of furan rings is 1. The molecule has 1 amide bonds. The maximum Gasteiger partial charge on any atom is 0.296 e. The number of aliphatic hydroxyl groups excluding tert-OH is 1. The van der Waals surface area contributed by atoms with E-state index in [1.807, 2.05) is 55.5 Å². The Morgan fingerprint density at radius 3 is 2.69 bits per heavy atom. The van der Waals surface area contributed by atoms with Crippen LogP contribution in [0.25, 0.3) is 16.5 Å². The van der Waals surface area contributed by atoms with Crippen molar-refractivity contribution in [1.82, 2.24) is 4.90 Å². The second kappa shape index (κ2) is 8.17. The van der Waals surface area contributed by atoms with E-state index in [2.05, 4.69) is 0 Å². The molecule has 2 aliphatic heterocycles. The Morgan fingerprint density at radius 1 is 1.03 bits per heavy atom. The maximum atomic E-state index is 13.4. The summed E-state index contributed by atoms with van der Waals surface area (Å²) in [4.78, 5) is 28.2. The number of benzene rings is 3. The van der Waals surface area contributed by atoms with Crippen molar-refractivity contribution in [3.63, 3.8) is 0 Å². The van der Waals surface area contributed by atoms with Crippen molar-refractivity contribution in [3.05, 3.63) is 107 Å². The van der Waals surface area contributed by atoms with E-state index < -0.39 is 17.7 Å². The summed E-state index contributed by atoms with van der Waals surface area (Å²) >= 11 is 0. The number of likely N-dealkylation sites (tertiary alicyclic amines) is 1. The minimum atomic E-state index is -0.769. The molecule has 0 bridgehead atoms. The summed E-state index contributed by atoms with van der Waals surface area (Å²) in [6, 6.07) is 21.7. The van der Waals surface area contributed by atoms with E-state index >= 15 is 0 Å². The molecule has 0 aliphatic carbocycles. The number of rotatable bonds is 4. The smallest absolute Gasteiger partial charge is 0.296 e. The quantitative estimate of drug-likeness (QED) is 0.249. The molecule has 4 aromatic rings. The van der Waals surface area contributed by atoms with Gasteiger partial charge in [-0.3, -0.25) is 9.59 Å². The van der Waals surface area contributed by atoms with E-state index in [1.165, 1.54) is 11.2 Å². The number of nitrogens with zero attached hydrogens (tertiary/aromatic N) is 1. The molecule has 0 spiro atoms. The van der Waals surface area contributed by atoms with Crippen LogP contribution in [-0.2, 0) is 22.6 Å². The fraction of sp³-hybridized carbons (Fsp3) is 0.172. The topological polar surface area (TPSA) is 80.0 Å². The highest BCUT2D eigenvalue weighted by Crippen LogP contribution is 2.43. The van der Waals surface area contributed by atoms with E-state index in [0.717, 1.165) is 34.1 Å². The van der Waals surface area contributed by atoms with Crippen LogP contribution in [0.5, 0.6) is 5.75 Å². The van der Waals surface area contributed by atoms with E-state index in [4.69, 9.17) is 9.15 Å². The summed E-state index contributed by atoms with van der Waals surface area (Å²) in [5, 5.41) is 13.4. The third-order valence-electron chi connectivity index (χ3n) is 6.73. The van der Waals surface area contributed by atoms with Crippen molar-refractivity contribution in [2.45, 2.75) is 32.0 Å². The third kappa shape index (κ3) is 3.49. The Morgan fingerprint density at radius 2 is 1.86 bits per heavy atom. The van der Waals surface area contributed by atoms with Crippen molar-refractivity contribution in [2.24, 2.45) is 0 Å². The molecule has 2 aliphatic rings. The van der Waals surface area contributed by atoms with Crippen LogP contribution >= 0.6 is 0 Å². The van der Waals surface area contributed by atoms with Crippen LogP contribution in [0.4, 0.5) is 0 Å². The number of ketones is 1. The number of hydrogen-bond acceptors (Lipinski definition) is 5. The van der Waals surface area contributed by atoms with Gasteiger partial charge in [0.05, 0.1) is 24.4 Å². The average molecular weight is 466 g/mol. The molecule has 3 heterocycles. The van der Waals surface area contributed by atoms with Gasteiger partial charge >= 0.3 is 0 Å². The van der Waals surface area contributed by atoms with Crippen molar-refractivity contribution in [3.8, 4) is 5.75 Å². The second-order valence-electron chi connectivity index (χ2n) is 9.03. The molecule has 35 heavy (non-hydrogen) atoms. The Hall–Kier alpha value is -4.32. The Balaban J connectivity index is 1.55. The summed E-state index contributed by atoms with van der Waals surface area (Å²) in [6.07, 6.45) is 2.31. The fourth-order valence-electron chi connectivity index (χ4n) is 5.15. The van der Waals surface area contributed by atoms with Crippen LogP contribution in [-0.4, -0.2) is 27.8 Å². The van der Waals surface area contributed by atoms with Gasteiger partial charge in [0.2, 0.25) is 0 Å². The summed E-state index contributed by atoms with van der Waals surface area (Å²) in [5.74, 6) is -0.236. The summed E-state index contributed by atoms with van der Waals surface area (Å²) in [5.41, 5.74) is 2.30. The van der Waals surface area contributed by atoms with Crippen LogP contribution < -0.4 is 4.74 Å². The molecule has 174 valence electrons. The molecule has 6 rings (SSSR count). The van der Waals surface area contributed by atoms with Crippen LogP contribution in [0, 0.1) is 0 Å². The Kier molecular flexibility index (Phi) is 4.95. The minimum absolute atomic E-state index is 0.0527. The van der Waals surface area contributed by atoms with Crippen molar-refractivity contribution < 1.29 is 23.8 Å². The van der Waals surface area contributed by atoms with Gasteiger partial charge in [-0.2, -0.15) is 0 Å². The zero-order chi connectivity index (χ0) is 24.1. The number of fused-ring (bicyclic) bond motifs is 2. The highest BCUT2D eigenvalue weighted by atomic mass is 16.5. The van der Waals surface area contributed by atoms with Gasteiger partial charge in [-0.1, -0.05) is 42.5 Å². The van der Waals surface area contributed by atoms with Gasteiger partial charge in [0.25, 0.3) is 11.7 Å². The van der Waals surface area contributed by atoms with E-state index in [9.17, 15) is 14.7 Å². The number of carbonyl (C=O) groups excluding carboxylic acids is 2. The third-order valence-corrected chi connectivity index (χ3v) is 6.73. The average Bonchev–Trinajstić information content (AvgIpc) is 3.57. The molecule has 0 unspecified atom stereocenters. The zero-order valence-corrected chi connectivity index (χ0v) is 19.1. The monoisotopic (exact) mass is 465 g/mol. The van der Waals surface area contributed by atoms with Gasteiger partial charge < -0.3 is 19.2 Å². The lowest BCUT2D eigenvalue weighted by molar-refractivity contribution is -0.140. The summed E-state index contributed by atoms with van der Waals surface area (Å²) < 4.78 is 11.3. The fourth-order valence-corrected chi connectivity index (χ4v) is 5.15. The molecule has 1 fully saturated rings. The zero-order valence-electron chi connectivity index (χ0n) is 19.1. The maximum absolute atomic E-state index is 13.4. The molecule has 0 saturated carbocycles. The lowest BCUT2D eigenvalue weighted by Crippen LogP contribution is -2.29. The minimum Gasteiger partial charge on any atom is -0.507 e. The molecule has 2 atom stereocenters. The van der Waals surface area contributed by atoms with E-state index in [1.54, 1.807) is 24.3 Å². The molecule has 6 nitrogen and oxygen atoms in total. The number of carbonyl (C=O) groups is 2. The SMILES string of the molecule is C[C@H]1Cc2cc(C(O)=C3C(=O)C(=O)N(Cc4ccco4)[C@H]3c3cccc4ccccc34)ccc2O1. The lowest BCUT2D eigenvalue weighted by Gasteiger charge is -2.25. The Bertz CT molecular complexity index is 1500. The number of Topliss-reactive ketones (excluding diaryl/α,β-unsaturated/α-hetero) is 1. The van der Waals surface area contributed by atoms with Crippen LogP contribution in [0.1, 0.15) is 35.4 Å². The number of amides is 1. The first kappa shape index (κ1) is 21.2. The van der Waals surface area contributed by atoms with Crippen LogP contribution in [0.2, 0.25) is 0 Å². The highest BCUT2D eigenvalue weighted by molar-refractivity contribution is 6.46. The van der Waals surface area contributed by atoms with Crippen molar-refractivity contribution in [1.29, 1.82) is 0 Å². The van der Waals surface area contributed by atoms with Gasteiger partial charge in [-0.05, 0) is 59.2 Å². The van der Waals surface area contributed by atoms with E-state index in [-0.39, 0.29) is 24.0 Å².